The number of aromatic hydroxyl groups is 1. The third-order valence-electron chi connectivity index (χ3n) is 4.86. The first-order chi connectivity index (χ1) is 14.7. The fourth-order valence-corrected chi connectivity index (χ4v) is 4.99. The van der Waals surface area contributed by atoms with Crippen molar-refractivity contribution in [1.29, 1.82) is 0 Å². The molecule has 0 saturated carbocycles. The Hall–Kier alpha value is -2.66. The van der Waals surface area contributed by atoms with E-state index in [2.05, 4.69) is 32.5 Å². The van der Waals surface area contributed by atoms with E-state index in [0.29, 0.717) is 27.2 Å². The van der Waals surface area contributed by atoms with Crippen molar-refractivity contribution in [2.45, 2.75) is 37.1 Å². The maximum Gasteiger partial charge on any atom is 0.501 e. The number of phenolic OH excluding ortho intramolecular Hbond substituents is 1. The molecule has 170 valence electrons. The van der Waals surface area contributed by atoms with Crippen LogP contribution in [0.3, 0.4) is 0 Å². The summed E-state index contributed by atoms with van der Waals surface area (Å²) in [6.07, 6.45) is 0. The molecule has 0 aliphatic heterocycles. The Kier molecular flexibility index (Phi) is 6.03. The fourth-order valence-electron chi connectivity index (χ4n) is 3.32. The molecule has 0 bridgehead atoms. The summed E-state index contributed by atoms with van der Waals surface area (Å²) in [5, 5.41) is 10.6. The standard InChI is InChI=1S/C21H18BrF3N2O4S/c1-9(2)12-8-14(22)16(10(3)4)17(18(12)28)19-26-15-6-5-11(7-13(15)20(29)27-19)32(30,31)21(23,24)25/h5-8,10,28H,1H2,2-4H3,(H,26,27,29). The van der Waals surface area contributed by atoms with Gasteiger partial charge in [-0.25, -0.2) is 13.4 Å². The highest BCUT2D eigenvalue weighted by atomic mass is 79.9. The van der Waals surface area contributed by atoms with Crippen LogP contribution in [-0.4, -0.2) is 29.0 Å². The van der Waals surface area contributed by atoms with E-state index in [1.165, 1.54) is 0 Å². The number of sulfone groups is 1. The van der Waals surface area contributed by atoms with Gasteiger partial charge in [0.25, 0.3) is 15.4 Å². The summed E-state index contributed by atoms with van der Waals surface area (Å²) in [6, 6.07) is 4.10. The Morgan fingerprint density at radius 3 is 2.41 bits per heavy atom. The van der Waals surface area contributed by atoms with Crippen molar-refractivity contribution in [3.8, 4) is 17.1 Å². The van der Waals surface area contributed by atoms with Crippen LogP contribution in [0.4, 0.5) is 13.2 Å². The highest BCUT2D eigenvalue weighted by Crippen LogP contribution is 2.43. The molecule has 0 radical (unpaired) electrons. The SMILES string of the molecule is C=C(C)c1cc(Br)c(C(C)C)c(-c2nc3ccc(S(=O)(=O)C(F)(F)F)cc3c(=O)[nH]2)c1O. The Bertz CT molecular complexity index is 1430. The van der Waals surface area contributed by atoms with Gasteiger partial charge in [0, 0.05) is 10.0 Å². The highest BCUT2D eigenvalue weighted by Gasteiger charge is 2.47. The Balaban J connectivity index is 2.35. The van der Waals surface area contributed by atoms with Crippen LogP contribution >= 0.6 is 15.9 Å². The van der Waals surface area contributed by atoms with E-state index in [9.17, 15) is 31.5 Å². The van der Waals surface area contributed by atoms with Crippen molar-refractivity contribution in [1.82, 2.24) is 9.97 Å². The Morgan fingerprint density at radius 1 is 1.25 bits per heavy atom. The number of alkyl halides is 3. The molecule has 1 heterocycles. The summed E-state index contributed by atoms with van der Waals surface area (Å²) < 4.78 is 62.7. The number of hydrogen-bond donors (Lipinski definition) is 2. The lowest BCUT2D eigenvalue weighted by atomic mass is 9.92. The largest absolute Gasteiger partial charge is 0.507 e. The van der Waals surface area contributed by atoms with E-state index in [1.807, 2.05) is 13.8 Å². The minimum Gasteiger partial charge on any atom is -0.507 e. The van der Waals surface area contributed by atoms with E-state index in [1.54, 1.807) is 13.0 Å². The summed E-state index contributed by atoms with van der Waals surface area (Å²) in [6.45, 7) is 9.27. The number of phenols is 1. The number of allylic oxidation sites excluding steroid dienone is 1. The number of nitrogens with zero attached hydrogens (tertiary/aromatic N) is 1. The van der Waals surface area contributed by atoms with Crippen LogP contribution < -0.4 is 5.56 Å². The number of fused-ring (bicyclic) bond motifs is 1. The lowest BCUT2D eigenvalue weighted by molar-refractivity contribution is -0.0435. The lowest BCUT2D eigenvalue weighted by Gasteiger charge is -2.19. The molecule has 11 heteroatoms. The van der Waals surface area contributed by atoms with Gasteiger partial charge in [0.15, 0.2) is 0 Å². The smallest absolute Gasteiger partial charge is 0.501 e. The zero-order chi connectivity index (χ0) is 24.2. The summed E-state index contributed by atoms with van der Waals surface area (Å²) in [7, 11) is -5.63. The van der Waals surface area contributed by atoms with Gasteiger partial charge in [-0.1, -0.05) is 36.4 Å². The molecule has 0 spiro atoms. The topological polar surface area (TPSA) is 100 Å². The number of halogens is 4. The average Bonchev–Trinajstić information content (AvgIpc) is 2.67. The molecule has 2 N–H and O–H groups in total. The van der Waals surface area contributed by atoms with Crippen LogP contribution in [0.5, 0.6) is 5.75 Å². The van der Waals surface area contributed by atoms with Gasteiger partial charge in [-0.3, -0.25) is 4.79 Å². The first kappa shape index (κ1) is 24.0. The molecule has 0 unspecified atom stereocenters. The molecule has 0 atom stereocenters. The monoisotopic (exact) mass is 530 g/mol. The first-order valence-corrected chi connectivity index (χ1v) is 11.5. The van der Waals surface area contributed by atoms with Crippen LogP contribution in [0.15, 0.2) is 45.0 Å². The second-order valence-electron chi connectivity index (χ2n) is 7.52. The third kappa shape index (κ3) is 3.95. The Morgan fingerprint density at radius 2 is 1.88 bits per heavy atom. The molecular formula is C21H18BrF3N2O4S. The van der Waals surface area contributed by atoms with E-state index in [0.717, 1.165) is 12.1 Å². The van der Waals surface area contributed by atoms with Crippen LogP contribution in [0, 0.1) is 0 Å². The number of rotatable bonds is 4. The maximum atomic E-state index is 12.9. The van der Waals surface area contributed by atoms with E-state index in [4.69, 9.17) is 0 Å². The van der Waals surface area contributed by atoms with Crippen LogP contribution in [0.25, 0.3) is 27.9 Å². The number of hydrogen-bond acceptors (Lipinski definition) is 5. The molecule has 3 aromatic rings. The van der Waals surface area contributed by atoms with Crippen molar-refractivity contribution in [3.05, 3.63) is 56.8 Å². The van der Waals surface area contributed by atoms with Crippen LogP contribution in [-0.2, 0) is 9.84 Å². The van der Waals surface area contributed by atoms with E-state index >= 15 is 0 Å². The van der Waals surface area contributed by atoms with Gasteiger partial charge in [-0.15, -0.1) is 0 Å². The summed E-state index contributed by atoms with van der Waals surface area (Å²) in [5.41, 5.74) is -4.53. The molecular weight excluding hydrogens is 513 g/mol. The third-order valence-corrected chi connectivity index (χ3v) is 7.00. The minimum atomic E-state index is -5.63. The van der Waals surface area contributed by atoms with Gasteiger partial charge in [0.1, 0.15) is 11.6 Å². The molecule has 0 aliphatic carbocycles. The number of aromatic nitrogens is 2. The van der Waals surface area contributed by atoms with E-state index in [-0.39, 0.29) is 34.0 Å². The van der Waals surface area contributed by atoms with E-state index < -0.39 is 25.8 Å². The number of nitrogens with one attached hydrogen (secondary N) is 1. The lowest BCUT2D eigenvalue weighted by Crippen LogP contribution is -2.23. The molecule has 6 nitrogen and oxygen atoms in total. The molecule has 0 fully saturated rings. The Labute approximate surface area is 189 Å². The van der Waals surface area contributed by atoms with Gasteiger partial charge in [0.05, 0.1) is 21.4 Å². The first-order valence-electron chi connectivity index (χ1n) is 9.23. The summed E-state index contributed by atoms with van der Waals surface area (Å²) >= 11 is 3.47. The summed E-state index contributed by atoms with van der Waals surface area (Å²) in [5.74, 6) is -0.285. The van der Waals surface area contributed by atoms with Crippen molar-refractivity contribution in [3.63, 3.8) is 0 Å². The predicted molar refractivity (Wildman–Crippen MR) is 119 cm³/mol. The summed E-state index contributed by atoms with van der Waals surface area (Å²) in [4.78, 5) is 18.4. The minimum absolute atomic E-state index is 0.0149. The molecule has 1 aromatic heterocycles. The average molecular weight is 531 g/mol. The molecule has 3 rings (SSSR count). The molecule has 32 heavy (non-hydrogen) atoms. The number of aromatic amines is 1. The maximum absolute atomic E-state index is 12.9. The second-order valence-corrected chi connectivity index (χ2v) is 10.3. The zero-order valence-corrected chi connectivity index (χ0v) is 19.5. The van der Waals surface area contributed by atoms with Crippen molar-refractivity contribution < 1.29 is 26.7 Å². The van der Waals surface area contributed by atoms with Crippen LogP contribution in [0.1, 0.15) is 37.8 Å². The zero-order valence-electron chi connectivity index (χ0n) is 17.1. The molecule has 0 saturated heterocycles. The number of benzene rings is 2. The second kappa shape index (κ2) is 8.04. The predicted octanol–water partition coefficient (Wildman–Crippen LogP) is 5.51. The highest BCUT2D eigenvalue weighted by molar-refractivity contribution is 9.10. The van der Waals surface area contributed by atoms with Crippen molar-refractivity contribution in [2.75, 3.05) is 0 Å². The normalized spacial score (nSPS) is 12.5. The quantitative estimate of drug-likeness (QED) is 0.463. The van der Waals surface area contributed by atoms with Gasteiger partial charge in [-0.05, 0) is 48.2 Å². The fraction of sp³-hybridized carbons (Fsp3) is 0.238. The molecule has 0 aliphatic rings. The van der Waals surface area contributed by atoms with Gasteiger partial charge in [-0.2, -0.15) is 13.2 Å². The van der Waals surface area contributed by atoms with Crippen molar-refractivity contribution >= 4 is 42.2 Å². The van der Waals surface area contributed by atoms with Gasteiger partial charge < -0.3 is 10.1 Å². The molecule has 0 amide bonds. The molecule has 2 aromatic carbocycles. The van der Waals surface area contributed by atoms with Gasteiger partial charge in [0.2, 0.25) is 0 Å². The van der Waals surface area contributed by atoms with Crippen molar-refractivity contribution in [2.24, 2.45) is 0 Å². The number of H-pyrrole nitrogens is 1. The van der Waals surface area contributed by atoms with Crippen LogP contribution in [0.2, 0.25) is 0 Å². The van der Waals surface area contributed by atoms with Gasteiger partial charge >= 0.3 is 5.51 Å².